The van der Waals surface area contributed by atoms with E-state index in [4.69, 9.17) is 0 Å². The average molecular weight is 795 g/mol. The number of halogens is 8. The number of aromatic nitrogens is 1. The maximum Gasteiger partial charge on any atom is 0.417 e. The second kappa shape index (κ2) is 19.7. The number of amides is 1. The number of dihydropyridines is 1. The molecule has 1 fully saturated rings. The summed E-state index contributed by atoms with van der Waals surface area (Å²) < 4.78 is 115. The molecule has 0 spiro atoms. The van der Waals surface area contributed by atoms with E-state index in [2.05, 4.69) is 51.8 Å². The summed E-state index contributed by atoms with van der Waals surface area (Å²) in [4.78, 5) is 21.2. The third kappa shape index (κ3) is 11.4. The number of hydrogen-bond donors (Lipinski definition) is 2. The fraction of sp³-hybridized carbons (Fsp3) is 0.512. The minimum Gasteiger partial charge on any atom is -0.347 e. The molecule has 306 valence electrons. The Morgan fingerprint density at radius 2 is 1.75 bits per heavy atom. The molecule has 15 heteroatoms. The minimum absolute atomic E-state index is 0.0228. The van der Waals surface area contributed by atoms with Crippen LogP contribution in [0.3, 0.4) is 0 Å². The monoisotopic (exact) mass is 794 g/mol. The number of benzene rings is 1. The number of hydrogen-bond acceptors (Lipinski definition) is 6. The van der Waals surface area contributed by atoms with Gasteiger partial charge in [0.2, 0.25) is 6.41 Å². The van der Waals surface area contributed by atoms with Crippen molar-refractivity contribution in [3.8, 4) is 0 Å². The van der Waals surface area contributed by atoms with E-state index in [9.17, 15) is 31.1 Å². The summed E-state index contributed by atoms with van der Waals surface area (Å²) in [5.74, 6) is -2.04. The standard InChI is InChI=1S/C41H50F8N6O/c1-5-8-9-19-54(18-6-2)20-10-12-28-14-15-29(37(43)36(28)42)22-30(24-33-13-11-21-55(33)51-27-56)34(7-3)52-35-16-17-39(4,41(47,48)49)53-38(35)31-23-32(26-50-25-31)40(44,45)46/h14-16,23-27,33,52H,3,5-6,8-13,17-22H2,1-2,4H3,(H,51,56)/b30-24+. The smallest absolute Gasteiger partial charge is 0.347 e. The van der Waals surface area contributed by atoms with Gasteiger partial charge in [-0.05, 0) is 87.8 Å². The predicted octanol–water partition coefficient (Wildman–Crippen LogP) is 9.16. The molecule has 2 aromatic rings. The van der Waals surface area contributed by atoms with Gasteiger partial charge in [-0.15, -0.1) is 5.73 Å². The lowest BCUT2D eigenvalue weighted by atomic mass is 9.90. The van der Waals surface area contributed by atoms with E-state index in [0.717, 1.165) is 58.4 Å². The van der Waals surface area contributed by atoms with Crippen LogP contribution in [0.15, 0.2) is 77.0 Å². The topological polar surface area (TPSA) is 72.9 Å². The highest BCUT2D eigenvalue weighted by Gasteiger charge is 2.52. The van der Waals surface area contributed by atoms with Crippen LogP contribution in [-0.2, 0) is 23.8 Å². The van der Waals surface area contributed by atoms with Crippen LogP contribution in [0.1, 0.15) is 94.4 Å². The maximum absolute atomic E-state index is 15.9. The Hall–Kier alpha value is -4.33. The van der Waals surface area contributed by atoms with Crippen molar-refractivity contribution >= 4 is 12.1 Å². The van der Waals surface area contributed by atoms with Crippen LogP contribution in [0.5, 0.6) is 0 Å². The lowest BCUT2D eigenvalue weighted by Gasteiger charge is -2.33. The van der Waals surface area contributed by atoms with Gasteiger partial charge in [0, 0.05) is 43.4 Å². The van der Waals surface area contributed by atoms with Gasteiger partial charge in [-0.1, -0.05) is 57.6 Å². The molecule has 2 N–H and O–H groups in total. The van der Waals surface area contributed by atoms with Crippen LogP contribution in [-0.4, -0.2) is 71.0 Å². The van der Waals surface area contributed by atoms with E-state index in [1.54, 1.807) is 17.2 Å². The number of pyridine rings is 1. The Bertz CT molecular complexity index is 1810. The highest BCUT2D eigenvalue weighted by atomic mass is 19.4. The van der Waals surface area contributed by atoms with Crippen LogP contribution in [0.4, 0.5) is 35.1 Å². The number of rotatable bonds is 19. The van der Waals surface area contributed by atoms with Crippen LogP contribution < -0.4 is 10.7 Å². The molecule has 7 nitrogen and oxygen atoms in total. The zero-order valence-corrected chi connectivity index (χ0v) is 32.0. The van der Waals surface area contributed by atoms with Gasteiger partial charge in [-0.3, -0.25) is 20.2 Å². The second-order valence-corrected chi connectivity index (χ2v) is 14.4. The Labute approximate surface area is 323 Å². The molecule has 4 rings (SSSR count). The first-order chi connectivity index (χ1) is 26.5. The van der Waals surface area contributed by atoms with Gasteiger partial charge in [-0.25, -0.2) is 13.8 Å². The minimum atomic E-state index is -4.85. The molecule has 2 aliphatic rings. The molecule has 1 amide bonds. The van der Waals surface area contributed by atoms with Gasteiger partial charge in [0.1, 0.15) is 0 Å². The number of aliphatic imine (C=N–C) groups is 1. The Morgan fingerprint density at radius 3 is 2.41 bits per heavy atom. The fourth-order valence-corrected chi connectivity index (χ4v) is 6.91. The summed E-state index contributed by atoms with van der Waals surface area (Å²) >= 11 is 0. The van der Waals surface area contributed by atoms with E-state index in [-0.39, 0.29) is 34.5 Å². The molecule has 3 heterocycles. The van der Waals surface area contributed by atoms with Crippen LogP contribution in [0, 0.1) is 11.6 Å². The van der Waals surface area contributed by atoms with Gasteiger partial charge < -0.3 is 10.2 Å². The number of allylic oxidation sites excluding steroid dienone is 2. The summed E-state index contributed by atoms with van der Waals surface area (Å²) in [5, 5.41) is 4.60. The van der Waals surface area contributed by atoms with Crippen molar-refractivity contribution < 1.29 is 39.9 Å². The summed E-state index contributed by atoms with van der Waals surface area (Å²) in [6.07, 6.45) is 0.815. The highest BCUT2D eigenvalue weighted by molar-refractivity contribution is 6.13. The van der Waals surface area contributed by atoms with Gasteiger partial charge in [0.05, 0.1) is 22.7 Å². The Morgan fingerprint density at radius 1 is 1.04 bits per heavy atom. The van der Waals surface area contributed by atoms with E-state index in [0.29, 0.717) is 56.5 Å². The highest BCUT2D eigenvalue weighted by Crippen LogP contribution is 2.40. The molecule has 2 aliphatic heterocycles. The van der Waals surface area contributed by atoms with E-state index in [1.807, 2.05) is 0 Å². The van der Waals surface area contributed by atoms with Crippen molar-refractivity contribution in [3.63, 3.8) is 0 Å². The van der Waals surface area contributed by atoms with Crippen molar-refractivity contribution in [2.75, 3.05) is 26.2 Å². The quantitative estimate of drug-likeness (QED) is 0.0488. The van der Waals surface area contributed by atoms with E-state index >= 15 is 8.78 Å². The average Bonchev–Trinajstić information content (AvgIpc) is 3.59. The number of carbonyl (C=O) groups is 1. The first kappa shape index (κ1) is 44.4. The second-order valence-electron chi connectivity index (χ2n) is 14.4. The van der Waals surface area contributed by atoms with E-state index < -0.39 is 53.3 Å². The van der Waals surface area contributed by atoms with Crippen molar-refractivity contribution in [2.45, 2.75) is 109 Å². The van der Waals surface area contributed by atoms with Gasteiger partial charge in [0.25, 0.3) is 0 Å². The van der Waals surface area contributed by atoms with Gasteiger partial charge in [0.15, 0.2) is 17.2 Å². The molecule has 1 aromatic heterocycles. The number of carbonyl (C=O) groups excluding carboxylic acids is 1. The van der Waals surface area contributed by atoms with Crippen molar-refractivity contribution in [1.82, 2.24) is 25.6 Å². The number of alkyl halides is 6. The van der Waals surface area contributed by atoms with Crippen LogP contribution >= 0.6 is 0 Å². The molecule has 0 radical (unpaired) electrons. The van der Waals surface area contributed by atoms with Crippen molar-refractivity contribution in [3.05, 3.63) is 106 Å². The number of nitrogens with one attached hydrogen (secondary N) is 2. The number of nitrogens with zero attached hydrogens (tertiary/aromatic N) is 4. The summed E-state index contributed by atoms with van der Waals surface area (Å²) in [6.45, 7) is 11.9. The normalized spacial score (nSPS) is 19.4. The van der Waals surface area contributed by atoms with Gasteiger partial charge >= 0.3 is 12.4 Å². The largest absolute Gasteiger partial charge is 0.417 e. The molecular formula is C41H50F8N6O. The lowest BCUT2D eigenvalue weighted by Crippen LogP contribution is -2.44. The third-order valence-electron chi connectivity index (χ3n) is 10.1. The molecule has 1 aromatic carbocycles. The van der Waals surface area contributed by atoms with Crippen LogP contribution in [0.25, 0.3) is 0 Å². The van der Waals surface area contributed by atoms with Crippen LogP contribution in [0.2, 0.25) is 0 Å². The molecule has 0 aliphatic carbocycles. The van der Waals surface area contributed by atoms with Crippen molar-refractivity contribution in [2.24, 2.45) is 4.99 Å². The number of unbranched alkanes of at least 4 members (excludes halogenated alkanes) is 2. The number of hydrazine groups is 1. The molecular weight excluding hydrogens is 744 g/mol. The number of aryl methyl sites for hydroxylation is 1. The lowest BCUT2D eigenvalue weighted by molar-refractivity contribution is -0.179. The zero-order valence-electron chi connectivity index (χ0n) is 32.0. The Balaban J connectivity index is 1.68. The molecule has 2 atom stereocenters. The first-order valence-electron chi connectivity index (χ1n) is 19.0. The zero-order chi connectivity index (χ0) is 41.1. The van der Waals surface area contributed by atoms with Gasteiger partial charge in [-0.2, -0.15) is 26.3 Å². The third-order valence-corrected chi connectivity index (χ3v) is 10.1. The fourth-order valence-electron chi connectivity index (χ4n) is 6.91. The van der Waals surface area contributed by atoms with E-state index in [1.165, 1.54) is 12.1 Å². The summed E-state index contributed by atoms with van der Waals surface area (Å²) in [5.41, 5.74) is 1.14. The first-order valence-corrected chi connectivity index (χ1v) is 19.0. The Kier molecular flexibility index (Phi) is 15.6. The SMILES string of the molecule is C=C=C(NC1=CCC(C)(C(F)(F)F)N=C1c1cncc(C(F)(F)F)c1)/C(=C/C1CCCN1NC=O)Cc1ccc(CCCN(CCC)CCCCC)c(F)c1F. The molecule has 0 bridgehead atoms. The summed E-state index contributed by atoms with van der Waals surface area (Å²) in [6, 6.07) is 3.26. The molecule has 2 unspecified atom stereocenters. The molecule has 1 saturated heterocycles. The predicted molar refractivity (Wildman–Crippen MR) is 200 cm³/mol. The molecule has 0 saturated carbocycles. The maximum atomic E-state index is 15.9. The summed E-state index contributed by atoms with van der Waals surface area (Å²) in [7, 11) is 0. The van der Waals surface area contributed by atoms with Crippen molar-refractivity contribution in [1.29, 1.82) is 0 Å². The molecule has 56 heavy (non-hydrogen) atoms.